The molecule has 2 amide bonds. The number of nitrogens with one attached hydrogen (secondary N) is 2. The second-order valence-electron chi connectivity index (χ2n) is 6.89. The van der Waals surface area contributed by atoms with Gasteiger partial charge in [0.2, 0.25) is 12.0 Å². The minimum absolute atomic E-state index is 0.124. The molecule has 0 fully saturated rings. The molecular weight excluding hydrogens is 429 g/mol. The van der Waals surface area contributed by atoms with Gasteiger partial charge in [-0.05, 0) is 19.3 Å². The zero-order valence-corrected chi connectivity index (χ0v) is 18.0. The maximum atomic E-state index is 12.2. The SMILES string of the molecule is CCC[C@H](OC(=O)N[C@@H](CCCCNC(=O)CCc1cn(CCF)nn1)OC=O)C(=O)O. The number of rotatable bonds is 17. The molecule has 12 nitrogen and oxygen atoms in total. The Morgan fingerprint density at radius 2 is 2.09 bits per heavy atom. The lowest BCUT2D eigenvalue weighted by Gasteiger charge is -2.19. The van der Waals surface area contributed by atoms with Crippen LogP contribution in [0.4, 0.5) is 9.18 Å². The molecule has 180 valence electrons. The standard InChI is InChI=1S/C19H30FN5O7/c1-2-5-15(18(28)29)32-19(30)22-17(31-13-26)6-3-4-10-21-16(27)8-7-14-12-25(11-9-20)24-23-14/h12-13,15,17H,2-11H2,1H3,(H,21,27)(H,22,30)(H,28,29)/t15-,17+/m0/s1. The number of alkyl halides is 1. The summed E-state index contributed by atoms with van der Waals surface area (Å²) in [4.78, 5) is 45.4. The summed E-state index contributed by atoms with van der Waals surface area (Å²) >= 11 is 0. The van der Waals surface area contributed by atoms with E-state index in [4.69, 9.17) is 14.6 Å². The number of hydrogen-bond acceptors (Lipinski definition) is 8. The van der Waals surface area contributed by atoms with Crippen LogP contribution < -0.4 is 10.6 Å². The number of hydrogen-bond donors (Lipinski definition) is 3. The fraction of sp³-hybridized carbons (Fsp3) is 0.684. The quantitative estimate of drug-likeness (QED) is 0.175. The number of aryl methyl sites for hydroxylation is 2. The lowest BCUT2D eigenvalue weighted by atomic mass is 10.2. The van der Waals surface area contributed by atoms with Gasteiger partial charge >= 0.3 is 12.1 Å². The number of carboxylic acid groups (broad SMARTS) is 1. The van der Waals surface area contributed by atoms with Crippen LogP contribution in [-0.2, 0) is 36.8 Å². The molecule has 0 saturated carbocycles. The monoisotopic (exact) mass is 459 g/mol. The molecule has 0 aliphatic carbocycles. The van der Waals surface area contributed by atoms with Crippen LogP contribution in [0.5, 0.6) is 0 Å². The van der Waals surface area contributed by atoms with E-state index in [9.17, 15) is 23.6 Å². The third-order valence-corrected chi connectivity index (χ3v) is 4.30. The minimum atomic E-state index is -1.28. The van der Waals surface area contributed by atoms with E-state index in [1.54, 1.807) is 13.1 Å². The van der Waals surface area contributed by atoms with E-state index in [0.29, 0.717) is 37.9 Å². The number of unbranched alkanes of at least 4 members (excludes halogenated alkanes) is 1. The molecule has 32 heavy (non-hydrogen) atoms. The number of ether oxygens (including phenoxy) is 2. The lowest BCUT2D eigenvalue weighted by Crippen LogP contribution is -2.40. The Labute approximate surface area is 184 Å². The van der Waals surface area contributed by atoms with E-state index in [0.717, 1.165) is 0 Å². The average molecular weight is 459 g/mol. The van der Waals surface area contributed by atoms with E-state index in [2.05, 4.69) is 20.9 Å². The molecule has 13 heteroatoms. The fourth-order valence-electron chi connectivity index (χ4n) is 2.69. The summed E-state index contributed by atoms with van der Waals surface area (Å²) in [6.07, 6.45) is 0.951. The second-order valence-corrected chi connectivity index (χ2v) is 6.89. The van der Waals surface area contributed by atoms with E-state index in [-0.39, 0.29) is 38.2 Å². The molecule has 3 N–H and O–H groups in total. The van der Waals surface area contributed by atoms with Crippen molar-refractivity contribution in [1.82, 2.24) is 25.6 Å². The van der Waals surface area contributed by atoms with Crippen molar-refractivity contribution in [2.24, 2.45) is 0 Å². The van der Waals surface area contributed by atoms with Crippen molar-refractivity contribution in [3.63, 3.8) is 0 Å². The Morgan fingerprint density at radius 1 is 1.31 bits per heavy atom. The maximum absolute atomic E-state index is 12.2. The first-order chi connectivity index (χ1) is 15.4. The molecule has 1 heterocycles. The van der Waals surface area contributed by atoms with Gasteiger partial charge in [-0.3, -0.25) is 14.9 Å². The van der Waals surface area contributed by atoms with Crippen LogP contribution in [0.1, 0.15) is 51.1 Å². The zero-order valence-electron chi connectivity index (χ0n) is 18.0. The Balaban J connectivity index is 2.25. The highest BCUT2D eigenvalue weighted by molar-refractivity contribution is 5.77. The zero-order chi connectivity index (χ0) is 23.8. The molecule has 0 aliphatic heterocycles. The minimum Gasteiger partial charge on any atom is -0.479 e. The predicted molar refractivity (Wildman–Crippen MR) is 108 cm³/mol. The Kier molecular flexibility index (Phi) is 13.0. The Bertz CT molecular complexity index is 731. The van der Waals surface area contributed by atoms with E-state index < -0.39 is 31.1 Å². The highest BCUT2D eigenvalue weighted by Crippen LogP contribution is 2.06. The van der Waals surface area contributed by atoms with Crippen molar-refractivity contribution in [2.75, 3.05) is 13.2 Å². The van der Waals surface area contributed by atoms with Crippen molar-refractivity contribution in [3.8, 4) is 0 Å². The first kappa shape index (κ1) is 26.8. The maximum Gasteiger partial charge on any atom is 0.410 e. The average Bonchev–Trinajstić information content (AvgIpc) is 3.19. The van der Waals surface area contributed by atoms with Crippen LogP contribution in [-0.4, -0.2) is 70.1 Å². The highest BCUT2D eigenvalue weighted by Gasteiger charge is 2.23. The third kappa shape index (κ3) is 11.2. The van der Waals surface area contributed by atoms with Crippen LogP contribution in [0.15, 0.2) is 6.20 Å². The smallest absolute Gasteiger partial charge is 0.410 e. The fourth-order valence-corrected chi connectivity index (χ4v) is 2.69. The molecular formula is C19H30FN5O7. The van der Waals surface area contributed by atoms with Gasteiger partial charge < -0.3 is 19.9 Å². The summed E-state index contributed by atoms with van der Waals surface area (Å²) in [7, 11) is 0. The molecule has 1 aromatic rings. The number of halogens is 1. The van der Waals surface area contributed by atoms with Crippen molar-refractivity contribution < 1.29 is 38.1 Å². The number of aliphatic carboxylic acids is 1. The number of amides is 2. The molecule has 0 spiro atoms. The van der Waals surface area contributed by atoms with Gasteiger partial charge in [-0.15, -0.1) is 5.10 Å². The number of alkyl carbamates (subject to hydrolysis) is 1. The predicted octanol–water partition coefficient (Wildman–Crippen LogP) is 0.945. The topological polar surface area (TPSA) is 162 Å². The largest absolute Gasteiger partial charge is 0.479 e. The number of nitrogens with zero attached hydrogens (tertiary/aromatic N) is 3. The van der Waals surface area contributed by atoms with Crippen molar-refractivity contribution in [2.45, 2.75) is 70.7 Å². The summed E-state index contributed by atoms with van der Waals surface area (Å²) in [5.74, 6) is -1.43. The summed E-state index contributed by atoms with van der Waals surface area (Å²) in [6.45, 7) is 1.90. The molecule has 0 bridgehead atoms. The van der Waals surface area contributed by atoms with Crippen LogP contribution in [0.2, 0.25) is 0 Å². The van der Waals surface area contributed by atoms with Crippen LogP contribution in [0, 0.1) is 0 Å². The summed E-state index contributed by atoms with van der Waals surface area (Å²) in [5, 5.41) is 21.7. The van der Waals surface area contributed by atoms with Crippen LogP contribution in [0.25, 0.3) is 0 Å². The molecule has 1 aromatic heterocycles. The van der Waals surface area contributed by atoms with Crippen LogP contribution in [0.3, 0.4) is 0 Å². The lowest BCUT2D eigenvalue weighted by molar-refractivity contribution is -0.148. The van der Waals surface area contributed by atoms with Gasteiger partial charge in [-0.25, -0.2) is 18.7 Å². The van der Waals surface area contributed by atoms with Crippen molar-refractivity contribution in [3.05, 3.63) is 11.9 Å². The van der Waals surface area contributed by atoms with Crippen LogP contribution >= 0.6 is 0 Å². The molecule has 1 rings (SSSR count). The summed E-state index contributed by atoms with van der Waals surface area (Å²) in [6, 6.07) is 0. The molecule has 0 saturated heterocycles. The Morgan fingerprint density at radius 3 is 2.75 bits per heavy atom. The van der Waals surface area contributed by atoms with E-state index >= 15 is 0 Å². The third-order valence-electron chi connectivity index (χ3n) is 4.30. The van der Waals surface area contributed by atoms with Gasteiger partial charge in [-0.1, -0.05) is 18.6 Å². The van der Waals surface area contributed by atoms with Gasteiger partial charge in [0.25, 0.3) is 6.47 Å². The van der Waals surface area contributed by atoms with Gasteiger partial charge in [-0.2, -0.15) is 0 Å². The highest BCUT2D eigenvalue weighted by atomic mass is 19.1. The van der Waals surface area contributed by atoms with Crippen molar-refractivity contribution in [1.29, 1.82) is 0 Å². The first-order valence-corrected chi connectivity index (χ1v) is 10.4. The number of carbonyl (C=O) groups excluding carboxylic acids is 3. The molecule has 0 aliphatic rings. The molecule has 2 atom stereocenters. The molecule has 0 radical (unpaired) electrons. The van der Waals surface area contributed by atoms with Gasteiger partial charge in [0.15, 0.2) is 6.23 Å². The van der Waals surface area contributed by atoms with E-state index in [1.807, 2.05) is 0 Å². The molecule has 0 unspecified atom stereocenters. The van der Waals surface area contributed by atoms with Gasteiger partial charge in [0.05, 0.1) is 12.2 Å². The molecule has 0 aromatic carbocycles. The number of carbonyl (C=O) groups is 4. The Hall–Kier alpha value is -3.25. The summed E-state index contributed by atoms with van der Waals surface area (Å²) in [5.41, 5.74) is 0.601. The second kappa shape index (κ2) is 15.5. The number of carboxylic acids is 1. The normalized spacial score (nSPS) is 12.4. The summed E-state index contributed by atoms with van der Waals surface area (Å²) < 4.78 is 23.2. The van der Waals surface area contributed by atoms with Crippen molar-refractivity contribution >= 4 is 24.4 Å². The van der Waals surface area contributed by atoms with E-state index in [1.165, 1.54) is 4.68 Å². The van der Waals surface area contributed by atoms with Gasteiger partial charge in [0.1, 0.15) is 6.67 Å². The number of aromatic nitrogens is 3. The van der Waals surface area contributed by atoms with Gasteiger partial charge in [0, 0.05) is 32.0 Å². The first-order valence-electron chi connectivity index (χ1n) is 10.4.